The van der Waals surface area contributed by atoms with Crippen LogP contribution in [-0.4, -0.2) is 115 Å². The van der Waals surface area contributed by atoms with Crippen molar-refractivity contribution in [1.29, 1.82) is 0 Å². The largest absolute Gasteiger partial charge is 0.416 e. The van der Waals surface area contributed by atoms with Gasteiger partial charge in [-0.2, -0.15) is 26.3 Å². The number of carbonyl (C=O) groups is 4. The number of amides is 4. The molecule has 94 heavy (non-hydrogen) atoms. The minimum absolute atomic E-state index is 0.0436. The van der Waals surface area contributed by atoms with Gasteiger partial charge < -0.3 is 30.7 Å². The van der Waals surface area contributed by atoms with Gasteiger partial charge in [0.25, 0.3) is 11.8 Å². The molecule has 12 rings (SSSR count). The standard InChI is InChI=1S/C78H78F6N6O4/c1-53-30-32-54(33-31-53)59-18-2-4-24-65(59)71(91)87-57-38-47-88(48-39-57)45-16-14-42-75(67-26-10-6-20-61(67)62-21-7-11-27-68(62)75)73(93)85-44-51-90(72(92)66-25-5-3-19-60(66)55-34-36-56(37-35-55)78(82,83)84)58-40-49-89(50-41-58)46-17-15-43-76(74(94)86-52-77(79,80)81)69-28-12-8-22-63(69)64-23-9-13-29-70(64)76/h2-13,18-37,57-58H,14-17,38-52H2,1H3,(H,85,93)(H,86,94)(H,87,91). The van der Waals surface area contributed by atoms with E-state index >= 15 is 9.59 Å². The van der Waals surface area contributed by atoms with Crippen LogP contribution in [0.3, 0.4) is 0 Å². The van der Waals surface area contributed by atoms with Crippen molar-refractivity contribution in [2.45, 2.75) is 106 Å². The number of hydrogen-bond acceptors (Lipinski definition) is 6. The minimum Gasteiger partial charge on any atom is -0.353 e. The highest BCUT2D eigenvalue weighted by molar-refractivity contribution is 6.04. The van der Waals surface area contributed by atoms with Gasteiger partial charge in [0.2, 0.25) is 11.8 Å². The SMILES string of the molecule is Cc1ccc(-c2ccccc2C(=O)NC2CCN(CCCCC3(C(=O)NCCN(C(=O)c4ccccc4-c4ccc(C(F)(F)F)cc4)C4CCN(CCCCC5(C(=O)NCC(F)(F)F)c6ccccc6-c6ccccc65)CC4)c4ccccc4-c4ccccc43)CC2)cc1. The zero-order chi connectivity index (χ0) is 65.6. The van der Waals surface area contributed by atoms with Crippen LogP contribution < -0.4 is 16.0 Å². The van der Waals surface area contributed by atoms with Gasteiger partial charge >= 0.3 is 12.4 Å². The molecule has 2 aliphatic heterocycles. The number of aryl methyl sites for hydroxylation is 1. The lowest BCUT2D eigenvalue weighted by Gasteiger charge is -2.39. The summed E-state index contributed by atoms with van der Waals surface area (Å²) in [5, 5.41) is 8.91. The van der Waals surface area contributed by atoms with E-state index in [9.17, 15) is 35.9 Å². The maximum Gasteiger partial charge on any atom is 0.416 e. The summed E-state index contributed by atoms with van der Waals surface area (Å²) in [6, 6.07) is 58.5. The molecule has 8 aromatic rings. The molecule has 0 atom stereocenters. The van der Waals surface area contributed by atoms with Gasteiger partial charge in [-0.1, -0.05) is 188 Å². The predicted molar refractivity (Wildman–Crippen MR) is 356 cm³/mol. The fraction of sp³-hybridized carbons (Fsp3) is 0.333. The molecule has 4 aliphatic rings. The zero-order valence-corrected chi connectivity index (χ0v) is 52.8. The summed E-state index contributed by atoms with van der Waals surface area (Å²) in [4.78, 5) is 65.4. The van der Waals surface area contributed by atoms with Crippen molar-refractivity contribution in [3.63, 3.8) is 0 Å². The van der Waals surface area contributed by atoms with Crippen LogP contribution >= 0.6 is 0 Å². The quantitative estimate of drug-likeness (QED) is 0.0460. The Bertz CT molecular complexity index is 3930. The first-order chi connectivity index (χ1) is 45.4. The summed E-state index contributed by atoms with van der Waals surface area (Å²) in [5.74, 6) is -1.23. The maximum atomic E-state index is 15.6. The molecule has 2 heterocycles. The molecule has 2 aliphatic carbocycles. The Morgan fingerprint density at radius 1 is 0.479 bits per heavy atom. The molecule has 0 spiro atoms. The molecule has 4 amide bonds. The van der Waals surface area contributed by atoms with Crippen molar-refractivity contribution in [3.8, 4) is 44.5 Å². The number of benzene rings is 8. The molecule has 486 valence electrons. The van der Waals surface area contributed by atoms with Crippen molar-refractivity contribution < 1.29 is 45.5 Å². The van der Waals surface area contributed by atoms with Crippen molar-refractivity contribution in [1.82, 2.24) is 30.7 Å². The number of nitrogens with zero attached hydrogens (tertiary/aromatic N) is 3. The van der Waals surface area contributed by atoms with Gasteiger partial charge in [0.15, 0.2) is 0 Å². The molecule has 8 aromatic carbocycles. The Hall–Kier alpha value is -8.86. The van der Waals surface area contributed by atoms with E-state index in [1.165, 1.54) is 12.1 Å². The minimum atomic E-state index is -4.59. The third-order valence-corrected chi connectivity index (χ3v) is 19.9. The molecule has 3 N–H and O–H groups in total. The Kier molecular flexibility index (Phi) is 19.4. The van der Waals surface area contributed by atoms with Crippen LogP contribution in [0.15, 0.2) is 194 Å². The summed E-state index contributed by atoms with van der Waals surface area (Å²) in [6.07, 6.45) is -2.74. The maximum absolute atomic E-state index is 15.6. The van der Waals surface area contributed by atoms with E-state index in [2.05, 4.69) is 74.3 Å². The van der Waals surface area contributed by atoms with Crippen molar-refractivity contribution in [3.05, 3.63) is 239 Å². The van der Waals surface area contributed by atoms with E-state index in [-0.39, 0.29) is 42.9 Å². The number of rotatable bonds is 22. The highest BCUT2D eigenvalue weighted by Gasteiger charge is 2.50. The van der Waals surface area contributed by atoms with Crippen LogP contribution in [0.2, 0.25) is 0 Å². The molecule has 0 aromatic heterocycles. The molecule has 0 radical (unpaired) electrons. The molecule has 0 bridgehead atoms. The van der Waals surface area contributed by atoms with Crippen molar-refractivity contribution in [2.75, 3.05) is 58.9 Å². The van der Waals surface area contributed by atoms with Gasteiger partial charge in [0.1, 0.15) is 17.4 Å². The number of alkyl halides is 6. The number of unbranched alkanes of at least 4 members (excludes halogenated alkanes) is 2. The lowest BCUT2D eigenvalue weighted by atomic mass is 9.73. The second kappa shape index (κ2) is 28.0. The second-order valence-corrected chi connectivity index (χ2v) is 25.7. The monoisotopic (exact) mass is 1280 g/mol. The normalized spacial score (nSPS) is 16.1. The highest BCUT2D eigenvalue weighted by atomic mass is 19.4. The van der Waals surface area contributed by atoms with Crippen LogP contribution in [0, 0.1) is 6.92 Å². The van der Waals surface area contributed by atoms with Crippen LogP contribution in [0.4, 0.5) is 26.3 Å². The first-order valence-corrected chi connectivity index (χ1v) is 32.9. The lowest BCUT2D eigenvalue weighted by Crippen LogP contribution is -2.51. The molecular weight excluding hydrogens is 1200 g/mol. The van der Waals surface area contributed by atoms with Gasteiger partial charge in [-0.25, -0.2) is 0 Å². The first kappa shape index (κ1) is 65.2. The topological polar surface area (TPSA) is 114 Å². The summed E-state index contributed by atoms with van der Waals surface area (Å²) in [7, 11) is 0. The molecule has 0 saturated carbocycles. The van der Waals surface area contributed by atoms with Crippen LogP contribution in [0.1, 0.15) is 118 Å². The number of nitrogens with one attached hydrogen (secondary N) is 3. The first-order valence-electron chi connectivity index (χ1n) is 32.9. The molecule has 0 unspecified atom stereocenters. The van der Waals surface area contributed by atoms with E-state index in [1.807, 2.05) is 109 Å². The third-order valence-electron chi connectivity index (χ3n) is 19.9. The van der Waals surface area contributed by atoms with Gasteiger partial charge in [-0.3, -0.25) is 19.2 Å². The Balaban J connectivity index is 0.725. The average Bonchev–Trinajstić information content (AvgIpc) is 1.57. The van der Waals surface area contributed by atoms with Gasteiger partial charge in [0, 0.05) is 62.5 Å². The van der Waals surface area contributed by atoms with E-state index in [4.69, 9.17) is 0 Å². The van der Waals surface area contributed by atoms with E-state index in [0.717, 1.165) is 108 Å². The van der Waals surface area contributed by atoms with Crippen molar-refractivity contribution >= 4 is 23.6 Å². The molecule has 2 fully saturated rings. The molecule has 2 saturated heterocycles. The summed E-state index contributed by atoms with van der Waals surface area (Å²) in [5.41, 5.74) is 8.71. The van der Waals surface area contributed by atoms with E-state index < -0.39 is 41.2 Å². The third kappa shape index (κ3) is 13.6. The number of carbonyl (C=O) groups excluding carboxylic acids is 4. The van der Waals surface area contributed by atoms with Crippen LogP contribution in [0.25, 0.3) is 44.5 Å². The molecular formula is C78H78F6N6O4. The molecule has 16 heteroatoms. The molecule has 10 nitrogen and oxygen atoms in total. The number of likely N-dealkylation sites (tertiary alicyclic amines) is 2. The smallest absolute Gasteiger partial charge is 0.353 e. The van der Waals surface area contributed by atoms with Crippen LogP contribution in [0.5, 0.6) is 0 Å². The Morgan fingerprint density at radius 2 is 0.883 bits per heavy atom. The Morgan fingerprint density at radius 3 is 1.35 bits per heavy atom. The zero-order valence-electron chi connectivity index (χ0n) is 52.8. The van der Waals surface area contributed by atoms with Gasteiger partial charge in [-0.05, 0) is 162 Å². The van der Waals surface area contributed by atoms with Crippen LogP contribution in [-0.2, 0) is 26.6 Å². The summed E-state index contributed by atoms with van der Waals surface area (Å²) in [6.45, 7) is 5.23. The average molecular weight is 1280 g/mol. The van der Waals surface area contributed by atoms with Crippen molar-refractivity contribution in [2.24, 2.45) is 0 Å². The van der Waals surface area contributed by atoms with Gasteiger partial charge in [-0.15, -0.1) is 0 Å². The fourth-order valence-electron chi connectivity index (χ4n) is 15.2. The highest BCUT2D eigenvalue weighted by Crippen LogP contribution is 2.53. The number of halogens is 6. The number of fused-ring (bicyclic) bond motifs is 6. The Labute approximate surface area is 545 Å². The number of hydrogen-bond donors (Lipinski definition) is 3. The van der Waals surface area contributed by atoms with E-state index in [0.29, 0.717) is 91.5 Å². The number of piperidine rings is 2. The predicted octanol–water partition coefficient (Wildman–Crippen LogP) is 15.2. The van der Waals surface area contributed by atoms with Gasteiger partial charge in [0.05, 0.1) is 5.56 Å². The fourth-order valence-corrected chi connectivity index (χ4v) is 15.2. The lowest BCUT2D eigenvalue weighted by molar-refractivity contribution is -0.141. The summed E-state index contributed by atoms with van der Waals surface area (Å²) < 4.78 is 82.2. The second-order valence-electron chi connectivity index (χ2n) is 25.7. The summed E-state index contributed by atoms with van der Waals surface area (Å²) >= 11 is 0. The van der Waals surface area contributed by atoms with E-state index in [1.54, 1.807) is 24.3 Å².